The van der Waals surface area contributed by atoms with E-state index in [2.05, 4.69) is 10.6 Å². The van der Waals surface area contributed by atoms with Crippen LogP contribution in [0.1, 0.15) is 0 Å². The van der Waals surface area contributed by atoms with Crippen LogP contribution in [0.15, 0.2) is 36.4 Å². The maximum atomic E-state index is 13.0. The van der Waals surface area contributed by atoms with Crippen molar-refractivity contribution >= 4 is 52.1 Å². The Morgan fingerprint density at radius 1 is 1.00 bits per heavy atom. The SMILES string of the molecule is O=C(CNc1ccc(F)c(Cl)c1)Nc1cc(Cl)cc(Cl)c1. The van der Waals surface area contributed by atoms with Gasteiger partial charge in [-0.15, -0.1) is 0 Å². The molecule has 0 spiro atoms. The van der Waals surface area contributed by atoms with Gasteiger partial charge in [0.2, 0.25) is 5.91 Å². The van der Waals surface area contributed by atoms with Crippen molar-refractivity contribution in [1.82, 2.24) is 0 Å². The number of rotatable bonds is 4. The molecule has 0 bridgehead atoms. The lowest BCUT2D eigenvalue weighted by Gasteiger charge is -2.09. The molecule has 7 heteroatoms. The first kappa shape index (κ1) is 15.9. The van der Waals surface area contributed by atoms with Crippen molar-refractivity contribution in [2.24, 2.45) is 0 Å². The molecule has 2 rings (SSSR count). The van der Waals surface area contributed by atoms with Crippen molar-refractivity contribution in [2.75, 3.05) is 17.2 Å². The summed E-state index contributed by atoms with van der Waals surface area (Å²) in [5.74, 6) is -0.811. The van der Waals surface area contributed by atoms with Crippen LogP contribution in [-0.4, -0.2) is 12.5 Å². The van der Waals surface area contributed by atoms with Gasteiger partial charge in [-0.1, -0.05) is 34.8 Å². The van der Waals surface area contributed by atoms with Crippen LogP contribution in [0.25, 0.3) is 0 Å². The van der Waals surface area contributed by atoms with Crippen molar-refractivity contribution in [3.8, 4) is 0 Å². The molecule has 2 aromatic carbocycles. The molecule has 0 aliphatic carbocycles. The minimum Gasteiger partial charge on any atom is -0.376 e. The van der Waals surface area contributed by atoms with Crippen LogP contribution >= 0.6 is 34.8 Å². The second-order valence-electron chi connectivity index (χ2n) is 4.19. The maximum absolute atomic E-state index is 13.0. The van der Waals surface area contributed by atoms with Crippen molar-refractivity contribution in [3.05, 3.63) is 57.3 Å². The molecule has 0 atom stereocenters. The summed E-state index contributed by atoms with van der Waals surface area (Å²) in [6, 6.07) is 8.85. The molecule has 0 aliphatic rings. The predicted octanol–water partition coefficient (Wildman–Crippen LogP) is 4.84. The number of nitrogens with one attached hydrogen (secondary N) is 2. The summed E-state index contributed by atoms with van der Waals surface area (Å²) in [5.41, 5.74) is 1.04. The van der Waals surface area contributed by atoms with Crippen molar-refractivity contribution in [3.63, 3.8) is 0 Å². The number of hydrogen-bond donors (Lipinski definition) is 2. The third-order valence-corrected chi connectivity index (χ3v) is 3.25. The Balaban J connectivity index is 1.94. The fourth-order valence-corrected chi connectivity index (χ4v) is 2.33. The Hall–Kier alpha value is -1.49. The molecule has 2 aromatic rings. The summed E-state index contributed by atoms with van der Waals surface area (Å²) in [6.45, 7) is -0.00784. The van der Waals surface area contributed by atoms with Gasteiger partial charge in [-0.25, -0.2) is 4.39 Å². The average molecular weight is 348 g/mol. The van der Waals surface area contributed by atoms with Gasteiger partial charge < -0.3 is 10.6 Å². The second kappa shape index (κ2) is 6.98. The van der Waals surface area contributed by atoms with E-state index in [4.69, 9.17) is 34.8 Å². The van der Waals surface area contributed by atoms with Crippen LogP contribution in [0.5, 0.6) is 0 Å². The van der Waals surface area contributed by atoms with Crippen molar-refractivity contribution < 1.29 is 9.18 Å². The Kier molecular flexibility index (Phi) is 5.28. The smallest absolute Gasteiger partial charge is 0.243 e. The van der Waals surface area contributed by atoms with Crippen LogP contribution in [-0.2, 0) is 4.79 Å². The zero-order valence-corrected chi connectivity index (χ0v) is 12.9. The summed E-state index contributed by atoms with van der Waals surface area (Å²) >= 11 is 17.3. The van der Waals surface area contributed by atoms with Gasteiger partial charge in [0.15, 0.2) is 0 Å². The molecule has 3 nitrogen and oxygen atoms in total. The molecular formula is C14H10Cl3FN2O. The Bertz CT molecular complexity index is 659. The molecule has 0 aliphatic heterocycles. The van der Waals surface area contributed by atoms with Gasteiger partial charge in [-0.05, 0) is 36.4 Å². The van der Waals surface area contributed by atoms with Crippen LogP contribution in [0.4, 0.5) is 15.8 Å². The molecular weight excluding hydrogens is 338 g/mol. The lowest BCUT2D eigenvalue weighted by Crippen LogP contribution is -2.21. The monoisotopic (exact) mass is 346 g/mol. The van der Waals surface area contributed by atoms with E-state index in [0.29, 0.717) is 21.4 Å². The zero-order valence-electron chi connectivity index (χ0n) is 10.6. The van der Waals surface area contributed by atoms with Gasteiger partial charge in [0, 0.05) is 21.4 Å². The highest BCUT2D eigenvalue weighted by molar-refractivity contribution is 6.35. The molecule has 2 N–H and O–H groups in total. The standard InChI is InChI=1S/C14H10Cl3FN2O/c15-8-3-9(16)5-11(4-8)20-14(21)7-19-10-1-2-13(18)12(17)6-10/h1-6,19H,7H2,(H,20,21). The molecule has 0 aromatic heterocycles. The third-order valence-electron chi connectivity index (χ3n) is 2.52. The van der Waals surface area contributed by atoms with Gasteiger partial charge in [-0.2, -0.15) is 0 Å². The first-order valence-corrected chi connectivity index (χ1v) is 7.02. The third kappa shape index (κ3) is 4.77. The number of carbonyl (C=O) groups is 1. The molecule has 0 heterocycles. The Morgan fingerprint density at radius 2 is 1.67 bits per heavy atom. The summed E-state index contributed by atoms with van der Waals surface area (Å²) in [6.07, 6.45) is 0. The van der Waals surface area contributed by atoms with Gasteiger partial charge in [0.1, 0.15) is 5.82 Å². The first-order chi connectivity index (χ1) is 9.94. The van der Waals surface area contributed by atoms with Crippen LogP contribution in [0, 0.1) is 5.82 Å². The molecule has 110 valence electrons. The number of benzene rings is 2. The number of halogens is 4. The number of amides is 1. The highest BCUT2D eigenvalue weighted by Crippen LogP contribution is 2.22. The summed E-state index contributed by atoms with van der Waals surface area (Å²) < 4.78 is 13.0. The number of hydrogen-bond acceptors (Lipinski definition) is 2. The molecule has 0 radical (unpaired) electrons. The van der Waals surface area contributed by atoms with E-state index in [1.807, 2.05) is 0 Å². The van der Waals surface area contributed by atoms with Gasteiger partial charge in [0.05, 0.1) is 11.6 Å². The van der Waals surface area contributed by atoms with E-state index < -0.39 is 5.82 Å². The maximum Gasteiger partial charge on any atom is 0.243 e. The van der Waals surface area contributed by atoms with Gasteiger partial charge in [0.25, 0.3) is 0 Å². The molecule has 1 amide bonds. The number of anilines is 2. The zero-order chi connectivity index (χ0) is 15.4. The van der Waals surface area contributed by atoms with Crippen molar-refractivity contribution in [2.45, 2.75) is 0 Å². The average Bonchev–Trinajstić information content (AvgIpc) is 2.39. The van der Waals surface area contributed by atoms with E-state index in [1.165, 1.54) is 18.2 Å². The Morgan fingerprint density at radius 3 is 2.29 bits per heavy atom. The van der Waals surface area contributed by atoms with Crippen LogP contribution < -0.4 is 10.6 Å². The Labute approximate surface area is 136 Å². The van der Waals surface area contributed by atoms with Crippen LogP contribution in [0.3, 0.4) is 0 Å². The van der Waals surface area contributed by atoms with E-state index in [9.17, 15) is 9.18 Å². The summed E-state index contributed by atoms with van der Waals surface area (Å²) in [4.78, 5) is 11.8. The molecule has 0 saturated heterocycles. The second-order valence-corrected chi connectivity index (χ2v) is 5.47. The lowest BCUT2D eigenvalue weighted by atomic mass is 10.3. The normalized spacial score (nSPS) is 10.3. The molecule has 0 saturated carbocycles. The fourth-order valence-electron chi connectivity index (χ4n) is 1.62. The van der Waals surface area contributed by atoms with Crippen molar-refractivity contribution in [1.29, 1.82) is 0 Å². The number of carbonyl (C=O) groups excluding carboxylic acids is 1. The minimum absolute atomic E-state index is 0.00784. The van der Waals surface area contributed by atoms with E-state index in [-0.39, 0.29) is 17.5 Å². The van der Waals surface area contributed by atoms with Gasteiger partial charge in [-0.3, -0.25) is 4.79 Å². The largest absolute Gasteiger partial charge is 0.376 e. The fraction of sp³-hybridized carbons (Fsp3) is 0.0714. The molecule has 0 unspecified atom stereocenters. The first-order valence-electron chi connectivity index (χ1n) is 5.89. The van der Waals surface area contributed by atoms with E-state index in [0.717, 1.165) is 0 Å². The highest BCUT2D eigenvalue weighted by atomic mass is 35.5. The summed E-state index contributed by atoms with van der Waals surface area (Å²) in [5, 5.41) is 6.32. The predicted molar refractivity (Wildman–Crippen MR) is 85.0 cm³/mol. The molecule has 0 fully saturated rings. The van der Waals surface area contributed by atoms with E-state index >= 15 is 0 Å². The summed E-state index contributed by atoms with van der Waals surface area (Å²) in [7, 11) is 0. The minimum atomic E-state index is -0.514. The van der Waals surface area contributed by atoms with E-state index in [1.54, 1.807) is 18.2 Å². The topological polar surface area (TPSA) is 41.1 Å². The highest BCUT2D eigenvalue weighted by Gasteiger charge is 2.06. The van der Waals surface area contributed by atoms with Gasteiger partial charge >= 0.3 is 0 Å². The van der Waals surface area contributed by atoms with Crippen LogP contribution in [0.2, 0.25) is 15.1 Å². The molecule has 21 heavy (non-hydrogen) atoms. The lowest BCUT2D eigenvalue weighted by molar-refractivity contribution is -0.114. The quantitative estimate of drug-likeness (QED) is 0.831.